The zero-order valence-corrected chi connectivity index (χ0v) is 10.1. The fourth-order valence-electron chi connectivity index (χ4n) is 3.21. The first kappa shape index (κ1) is 11.4. The van der Waals surface area contributed by atoms with Crippen molar-refractivity contribution in [2.45, 2.75) is 58.2 Å². The maximum atomic E-state index is 13.1. The van der Waals surface area contributed by atoms with Crippen LogP contribution in [-0.4, -0.2) is 30.2 Å². The molecular formula is C13H24FN. The molecule has 2 fully saturated rings. The van der Waals surface area contributed by atoms with Gasteiger partial charge in [0, 0.05) is 19.1 Å². The molecule has 0 aromatic rings. The summed E-state index contributed by atoms with van der Waals surface area (Å²) in [6.07, 6.45) is 5.54. The van der Waals surface area contributed by atoms with E-state index in [2.05, 4.69) is 18.7 Å². The molecule has 2 rings (SSSR count). The van der Waals surface area contributed by atoms with Crippen molar-refractivity contribution in [3.63, 3.8) is 0 Å². The number of alkyl halides is 1. The molecule has 0 aromatic carbocycles. The summed E-state index contributed by atoms with van der Waals surface area (Å²) in [5, 5.41) is 0. The van der Waals surface area contributed by atoms with Crippen LogP contribution in [0.3, 0.4) is 0 Å². The van der Waals surface area contributed by atoms with Gasteiger partial charge in [-0.05, 0) is 43.9 Å². The van der Waals surface area contributed by atoms with E-state index in [0.717, 1.165) is 24.8 Å². The van der Waals surface area contributed by atoms with Gasteiger partial charge in [0.1, 0.15) is 6.17 Å². The minimum absolute atomic E-state index is 0.548. The fourth-order valence-corrected chi connectivity index (χ4v) is 3.21. The highest BCUT2D eigenvalue weighted by molar-refractivity contribution is 4.85. The van der Waals surface area contributed by atoms with E-state index < -0.39 is 6.17 Å². The first-order valence-corrected chi connectivity index (χ1v) is 6.55. The zero-order valence-electron chi connectivity index (χ0n) is 10.1. The van der Waals surface area contributed by atoms with Crippen molar-refractivity contribution in [3.8, 4) is 0 Å². The van der Waals surface area contributed by atoms with E-state index in [1.165, 1.54) is 25.7 Å². The van der Waals surface area contributed by atoms with Crippen molar-refractivity contribution in [3.05, 3.63) is 0 Å². The predicted molar refractivity (Wildman–Crippen MR) is 61.7 cm³/mol. The lowest BCUT2D eigenvalue weighted by Crippen LogP contribution is -2.37. The molecule has 0 N–H and O–H groups in total. The monoisotopic (exact) mass is 213 g/mol. The van der Waals surface area contributed by atoms with E-state index in [1.54, 1.807) is 0 Å². The molecule has 2 aliphatic rings. The zero-order chi connectivity index (χ0) is 10.8. The molecule has 15 heavy (non-hydrogen) atoms. The van der Waals surface area contributed by atoms with E-state index >= 15 is 0 Å². The summed E-state index contributed by atoms with van der Waals surface area (Å²) in [5.41, 5.74) is 0. The van der Waals surface area contributed by atoms with Gasteiger partial charge in [0.15, 0.2) is 0 Å². The molecule has 0 spiro atoms. The second-order valence-electron chi connectivity index (χ2n) is 5.69. The maximum absolute atomic E-state index is 13.1. The topological polar surface area (TPSA) is 3.24 Å². The summed E-state index contributed by atoms with van der Waals surface area (Å²) in [6.45, 7) is 6.37. The van der Waals surface area contributed by atoms with Gasteiger partial charge >= 0.3 is 0 Å². The summed E-state index contributed by atoms with van der Waals surface area (Å²) >= 11 is 0. The molecule has 1 aliphatic carbocycles. The second-order valence-corrected chi connectivity index (χ2v) is 5.69. The van der Waals surface area contributed by atoms with Crippen molar-refractivity contribution in [1.29, 1.82) is 0 Å². The first-order valence-electron chi connectivity index (χ1n) is 6.55. The molecule has 2 heteroatoms. The molecule has 1 aliphatic heterocycles. The van der Waals surface area contributed by atoms with Crippen LogP contribution in [0.25, 0.3) is 0 Å². The molecule has 0 aromatic heterocycles. The quantitative estimate of drug-likeness (QED) is 0.680. The molecule has 88 valence electrons. The lowest BCUT2D eigenvalue weighted by molar-refractivity contribution is 0.139. The van der Waals surface area contributed by atoms with Crippen LogP contribution in [0.2, 0.25) is 0 Å². The summed E-state index contributed by atoms with van der Waals surface area (Å²) < 4.78 is 13.1. The smallest absolute Gasteiger partial charge is 0.114 e. The standard InChI is InChI=1S/C13H24FN/c1-10(2)11-3-5-13(6-4-11)15-8-7-12(14)9-15/h10-13H,3-9H2,1-2H3/t11-,12-,13-/m1/s1. The van der Waals surface area contributed by atoms with Crippen LogP contribution in [0.5, 0.6) is 0 Å². The lowest BCUT2D eigenvalue weighted by atomic mass is 9.79. The largest absolute Gasteiger partial charge is 0.297 e. The third-order valence-electron chi connectivity index (χ3n) is 4.36. The van der Waals surface area contributed by atoms with Gasteiger partial charge in [-0.3, -0.25) is 4.90 Å². The Morgan fingerprint density at radius 1 is 1.07 bits per heavy atom. The molecule has 0 amide bonds. The van der Waals surface area contributed by atoms with Crippen molar-refractivity contribution in [2.24, 2.45) is 11.8 Å². The van der Waals surface area contributed by atoms with Gasteiger partial charge in [0.05, 0.1) is 0 Å². The summed E-state index contributed by atoms with van der Waals surface area (Å²) in [5.74, 6) is 1.75. The fraction of sp³-hybridized carbons (Fsp3) is 1.00. The van der Waals surface area contributed by atoms with Gasteiger partial charge in [-0.15, -0.1) is 0 Å². The van der Waals surface area contributed by atoms with Crippen LogP contribution in [0.15, 0.2) is 0 Å². The molecule has 0 radical (unpaired) electrons. The average molecular weight is 213 g/mol. The van der Waals surface area contributed by atoms with Gasteiger partial charge in [0.25, 0.3) is 0 Å². The molecule has 1 nitrogen and oxygen atoms in total. The van der Waals surface area contributed by atoms with Gasteiger partial charge in [-0.2, -0.15) is 0 Å². The van der Waals surface area contributed by atoms with Crippen LogP contribution in [-0.2, 0) is 0 Å². The Morgan fingerprint density at radius 2 is 1.73 bits per heavy atom. The molecule has 1 saturated heterocycles. The highest BCUT2D eigenvalue weighted by atomic mass is 19.1. The average Bonchev–Trinajstić information content (AvgIpc) is 2.65. The van der Waals surface area contributed by atoms with Gasteiger partial charge in [-0.1, -0.05) is 13.8 Å². The number of hydrogen-bond donors (Lipinski definition) is 0. The number of hydrogen-bond acceptors (Lipinski definition) is 1. The van der Waals surface area contributed by atoms with Gasteiger partial charge in [-0.25, -0.2) is 4.39 Å². The number of likely N-dealkylation sites (tertiary alicyclic amines) is 1. The van der Waals surface area contributed by atoms with Crippen molar-refractivity contribution >= 4 is 0 Å². The Balaban J connectivity index is 1.78. The number of halogens is 1. The second kappa shape index (κ2) is 4.82. The molecule has 1 saturated carbocycles. The Bertz CT molecular complexity index is 197. The minimum Gasteiger partial charge on any atom is -0.297 e. The minimum atomic E-state index is -0.548. The van der Waals surface area contributed by atoms with Crippen LogP contribution in [0, 0.1) is 11.8 Å². The van der Waals surface area contributed by atoms with Gasteiger partial charge < -0.3 is 0 Å². The molecule has 0 bridgehead atoms. The summed E-state index contributed by atoms with van der Waals surface area (Å²) in [7, 11) is 0. The Kier molecular flexibility index (Phi) is 3.65. The van der Waals surface area contributed by atoms with E-state index in [9.17, 15) is 4.39 Å². The van der Waals surface area contributed by atoms with Crippen molar-refractivity contribution in [1.82, 2.24) is 4.90 Å². The van der Waals surface area contributed by atoms with E-state index in [1.807, 2.05) is 0 Å². The normalized spacial score (nSPS) is 38.8. The third kappa shape index (κ3) is 2.72. The van der Waals surface area contributed by atoms with E-state index in [-0.39, 0.29) is 0 Å². The summed E-state index contributed by atoms with van der Waals surface area (Å²) in [6, 6.07) is 0.695. The van der Waals surface area contributed by atoms with Crippen molar-refractivity contribution < 1.29 is 4.39 Å². The van der Waals surface area contributed by atoms with Crippen LogP contribution < -0.4 is 0 Å². The lowest BCUT2D eigenvalue weighted by Gasteiger charge is -2.35. The van der Waals surface area contributed by atoms with Crippen molar-refractivity contribution in [2.75, 3.05) is 13.1 Å². The van der Waals surface area contributed by atoms with Crippen LogP contribution in [0.4, 0.5) is 4.39 Å². The van der Waals surface area contributed by atoms with E-state index in [0.29, 0.717) is 12.6 Å². The molecule has 1 heterocycles. The van der Waals surface area contributed by atoms with E-state index in [4.69, 9.17) is 0 Å². The molecule has 1 atom stereocenters. The Morgan fingerprint density at radius 3 is 2.20 bits per heavy atom. The maximum Gasteiger partial charge on any atom is 0.114 e. The molecular weight excluding hydrogens is 189 g/mol. The highest BCUT2D eigenvalue weighted by Gasteiger charge is 2.31. The number of rotatable bonds is 2. The Labute approximate surface area is 93.0 Å². The number of nitrogens with zero attached hydrogens (tertiary/aromatic N) is 1. The van der Waals surface area contributed by atoms with Crippen LogP contribution >= 0.6 is 0 Å². The molecule has 0 unspecified atom stereocenters. The SMILES string of the molecule is CC(C)[C@H]1CC[C@H](N2CC[C@@H](F)C2)CC1. The predicted octanol–water partition coefficient (Wildman–Crippen LogP) is 3.25. The Hall–Kier alpha value is -0.110. The van der Waals surface area contributed by atoms with Crippen LogP contribution in [0.1, 0.15) is 46.0 Å². The summed E-state index contributed by atoms with van der Waals surface area (Å²) in [4.78, 5) is 2.39. The highest BCUT2D eigenvalue weighted by Crippen LogP contribution is 2.33. The van der Waals surface area contributed by atoms with Gasteiger partial charge in [0.2, 0.25) is 0 Å². The first-order chi connectivity index (χ1) is 7.16. The third-order valence-corrected chi connectivity index (χ3v) is 4.36.